The summed E-state index contributed by atoms with van der Waals surface area (Å²) in [5.41, 5.74) is -0.129. The van der Waals surface area contributed by atoms with Gasteiger partial charge in [0.15, 0.2) is 0 Å². The molecule has 148 valence electrons. The highest BCUT2D eigenvalue weighted by atomic mass is 32.2. The largest absolute Gasteiger partial charge is 0.352 e. The van der Waals surface area contributed by atoms with Crippen LogP contribution in [0.15, 0.2) is 52.3 Å². The van der Waals surface area contributed by atoms with Gasteiger partial charge in [0, 0.05) is 29.6 Å². The summed E-state index contributed by atoms with van der Waals surface area (Å²) in [5, 5.41) is 14.1. The van der Waals surface area contributed by atoms with Gasteiger partial charge in [0.05, 0.1) is 16.4 Å². The smallest absolute Gasteiger partial charge is 0.284 e. The fourth-order valence-corrected chi connectivity index (χ4v) is 3.28. The van der Waals surface area contributed by atoms with E-state index in [1.807, 2.05) is 0 Å². The number of rotatable bonds is 7. The molecular formula is C19H20FN3O4S. The maximum absolute atomic E-state index is 13.0. The molecule has 2 aromatic rings. The van der Waals surface area contributed by atoms with Gasteiger partial charge >= 0.3 is 0 Å². The van der Waals surface area contributed by atoms with Gasteiger partial charge in [0.1, 0.15) is 5.82 Å². The van der Waals surface area contributed by atoms with Gasteiger partial charge < -0.3 is 10.2 Å². The fourth-order valence-electron chi connectivity index (χ4n) is 2.38. The zero-order valence-electron chi connectivity index (χ0n) is 15.6. The number of halogens is 1. The molecule has 0 aliphatic heterocycles. The topological polar surface area (TPSA) is 92.6 Å². The van der Waals surface area contributed by atoms with Crippen molar-refractivity contribution in [1.29, 1.82) is 0 Å². The lowest BCUT2D eigenvalue weighted by atomic mass is 10.1. The lowest BCUT2D eigenvalue weighted by Crippen LogP contribution is -2.40. The number of carbonyl (C=O) groups excluding carboxylic acids is 2. The predicted octanol–water partition coefficient (Wildman–Crippen LogP) is 3.48. The van der Waals surface area contributed by atoms with Gasteiger partial charge in [-0.25, -0.2) is 4.39 Å². The van der Waals surface area contributed by atoms with Crippen LogP contribution < -0.4 is 5.32 Å². The van der Waals surface area contributed by atoms with Crippen molar-refractivity contribution in [3.63, 3.8) is 0 Å². The molecule has 0 saturated heterocycles. The molecule has 0 spiro atoms. The number of nitrogens with one attached hydrogen (secondary N) is 1. The zero-order chi connectivity index (χ0) is 20.8. The first-order valence-corrected chi connectivity index (χ1v) is 9.25. The van der Waals surface area contributed by atoms with Crippen molar-refractivity contribution in [1.82, 2.24) is 10.2 Å². The average molecular weight is 405 g/mol. The minimum Gasteiger partial charge on any atom is -0.352 e. The van der Waals surface area contributed by atoms with Crippen molar-refractivity contribution in [2.24, 2.45) is 0 Å². The Balaban J connectivity index is 2.21. The molecule has 2 rings (SSSR count). The van der Waals surface area contributed by atoms with Crippen LogP contribution in [-0.2, 0) is 4.79 Å². The second kappa shape index (κ2) is 9.32. The van der Waals surface area contributed by atoms with Crippen LogP contribution in [0, 0.1) is 15.9 Å². The molecule has 0 saturated carbocycles. The molecule has 0 aromatic heterocycles. The number of likely N-dealkylation sites (N-methyl/N-ethyl adjacent to an activating group) is 1. The molecule has 2 aromatic carbocycles. The molecule has 0 atom stereocenters. The molecule has 7 nitrogen and oxygen atoms in total. The summed E-state index contributed by atoms with van der Waals surface area (Å²) >= 11 is 1.10. The van der Waals surface area contributed by atoms with E-state index >= 15 is 0 Å². The van der Waals surface area contributed by atoms with Crippen molar-refractivity contribution in [2.45, 2.75) is 29.7 Å². The van der Waals surface area contributed by atoms with E-state index in [0.717, 1.165) is 11.8 Å². The Bertz CT molecular complexity index is 887. The maximum atomic E-state index is 13.0. The summed E-state index contributed by atoms with van der Waals surface area (Å²) in [6, 6.07) is 9.64. The van der Waals surface area contributed by atoms with Crippen molar-refractivity contribution in [3.8, 4) is 0 Å². The molecule has 1 N–H and O–H groups in total. The minimum absolute atomic E-state index is 0.0557. The number of benzene rings is 2. The molecule has 0 radical (unpaired) electrons. The molecule has 0 heterocycles. The van der Waals surface area contributed by atoms with E-state index in [0.29, 0.717) is 9.79 Å². The Labute approximate surface area is 166 Å². The van der Waals surface area contributed by atoms with Crippen LogP contribution in [0.25, 0.3) is 0 Å². The Morgan fingerprint density at radius 2 is 1.86 bits per heavy atom. The van der Waals surface area contributed by atoms with Crippen molar-refractivity contribution in [3.05, 3.63) is 64.0 Å². The first kappa shape index (κ1) is 21.4. The third-order valence-corrected chi connectivity index (χ3v) is 4.69. The second-order valence-electron chi connectivity index (χ2n) is 6.38. The summed E-state index contributed by atoms with van der Waals surface area (Å²) in [5.74, 6) is -1.21. The third-order valence-electron chi connectivity index (χ3n) is 3.62. The summed E-state index contributed by atoms with van der Waals surface area (Å²) in [6.07, 6.45) is 0. The second-order valence-corrected chi connectivity index (χ2v) is 7.49. The van der Waals surface area contributed by atoms with Gasteiger partial charge in [-0.3, -0.25) is 19.7 Å². The quantitative estimate of drug-likeness (QED) is 0.562. The summed E-state index contributed by atoms with van der Waals surface area (Å²) in [4.78, 5) is 37.4. The minimum atomic E-state index is -0.575. The standard InChI is InChI=1S/C19H20FN3O4S/c1-12(2)21-18(24)11-22(3)19(25)13-4-9-17(16(10-13)23(26)27)28-15-7-5-14(20)6-8-15/h4-10,12H,11H2,1-3H3,(H,21,24). The summed E-state index contributed by atoms with van der Waals surface area (Å²) in [7, 11) is 1.45. The van der Waals surface area contributed by atoms with Crippen LogP contribution >= 0.6 is 11.8 Å². The highest BCUT2D eigenvalue weighted by Gasteiger charge is 2.21. The number of nitro groups is 1. The van der Waals surface area contributed by atoms with E-state index in [9.17, 15) is 24.1 Å². The molecule has 2 amide bonds. The average Bonchev–Trinajstić information content (AvgIpc) is 2.62. The van der Waals surface area contributed by atoms with E-state index < -0.39 is 16.6 Å². The molecular weight excluding hydrogens is 385 g/mol. The van der Waals surface area contributed by atoms with Crippen molar-refractivity contribution >= 4 is 29.3 Å². The van der Waals surface area contributed by atoms with Gasteiger partial charge in [-0.2, -0.15) is 0 Å². The first-order chi connectivity index (χ1) is 13.2. The van der Waals surface area contributed by atoms with Gasteiger partial charge in [-0.05, 0) is 50.2 Å². The van der Waals surface area contributed by atoms with E-state index in [2.05, 4.69) is 5.32 Å². The molecule has 0 fully saturated rings. The van der Waals surface area contributed by atoms with Gasteiger partial charge in [0.2, 0.25) is 5.91 Å². The van der Waals surface area contributed by atoms with Crippen molar-refractivity contribution in [2.75, 3.05) is 13.6 Å². The fraction of sp³-hybridized carbons (Fsp3) is 0.263. The monoisotopic (exact) mass is 405 g/mol. The predicted molar refractivity (Wildman–Crippen MR) is 104 cm³/mol. The number of amides is 2. The van der Waals surface area contributed by atoms with E-state index in [1.165, 1.54) is 54.4 Å². The first-order valence-electron chi connectivity index (χ1n) is 8.44. The maximum Gasteiger partial charge on any atom is 0.284 e. The molecule has 0 aliphatic rings. The van der Waals surface area contributed by atoms with Crippen molar-refractivity contribution < 1.29 is 18.9 Å². The highest BCUT2D eigenvalue weighted by molar-refractivity contribution is 7.99. The van der Waals surface area contributed by atoms with Crippen LogP contribution in [0.5, 0.6) is 0 Å². The van der Waals surface area contributed by atoms with Crippen LogP contribution in [0.2, 0.25) is 0 Å². The normalized spacial score (nSPS) is 10.6. The molecule has 0 unspecified atom stereocenters. The number of hydrogen-bond donors (Lipinski definition) is 1. The van der Waals surface area contributed by atoms with Gasteiger partial charge in [-0.15, -0.1) is 0 Å². The number of hydrogen-bond acceptors (Lipinski definition) is 5. The molecule has 0 aliphatic carbocycles. The summed E-state index contributed by atoms with van der Waals surface area (Å²) < 4.78 is 13.0. The lowest BCUT2D eigenvalue weighted by molar-refractivity contribution is -0.387. The Morgan fingerprint density at radius 3 is 2.43 bits per heavy atom. The molecule has 9 heteroatoms. The summed E-state index contributed by atoms with van der Waals surface area (Å²) in [6.45, 7) is 3.46. The lowest BCUT2D eigenvalue weighted by Gasteiger charge is -2.18. The van der Waals surface area contributed by atoms with Crippen LogP contribution in [0.3, 0.4) is 0 Å². The Kier molecular flexibility index (Phi) is 7.11. The van der Waals surface area contributed by atoms with Gasteiger partial charge in [-0.1, -0.05) is 11.8 Å². The number of nitro benzene ring substituents is 1. The number of nitrogens with zero attached hydrogens (tertiary/aromatic N) is 2. The van der Waals surface area contributed by atoms with E-state index in [1.54, 1.807) is 13.8 Å². The molecule has 28 heavy (non-hydrogen) atoms. The van der Waals surface area contributed by atoms with Crippen LogP contribution in [-0.4, -0.2) is 41.3 Å². The SMILES string of the molecule is CC(C)NC(=O)CN(C)C(=O)c1ccc(Sc2ccc(F)cc2)c([N+](=O)[O-])c1. The van der Waals surface area contributed by atoms with Crippen LogP contribution in [0.1, 0.15) is 24.2 Å². The highest BCUT2D eigenvalue weighted by Crippen LogP contribution is 2.35. The van der Waals surface area contributed by atoms with Crippen LogP contribution in [0.4, 0.5) is 10.1 Å². The Hall–Kier alpha value is -2.94. The van der Waals surface area contributed by atoms with E-state index in [-0.39, 0.29) is 29.7 Å². The number of carbonyl (C=O) groups is 2. The third kappa shape index (κ3) is 5.78. The Morgan fingerprint density at radius 1 is 1.21 bits per heavy atom. The van der Waals surface area contributed by atoms with Gasteiger partial charge in [0.25, 0.3) is 11.6 Å². The van der Waals surface area contributed by atoms with E-state index in [4.69, 9.17) is 0 Å². The zero-order valence-corrected chi connectivity index (χ0v) is 16.5. The molecule has 0 bridgehead atoms.